The molecule has 0 amide bonds. The van der Waals surface area contributed by atoms with Gasteiger partial charge >= 0.3 is 0 Å². The van der Waals surface area contributed by atoms with Gasteiger partial charge in [-0.2, -0.15) is 0 Å². The molecule has 1 N–H and O–H groups in total. The Bertz CT molecular complexity index is 308. The van der Waals surface area contributed by atoms with E-state index in [4.69, 9.17) is 47.0 Å². The van der Waals surface area contributed by atoms with E-state index in [0.29, 0.717) is 8.83 Å². The highest BCUT2D eigenvalue weighted by molar-refractivity contribution is 7.73. The van der Waals surface area contributed by atoms with Crippen molar-refractivity contribution in [3.63, 3.8) is 0 Å². The topological polar surface area (TPSA) is 15.8 Å². The molecule has 0 saturated heterocycles. The molecule has 62 valence electrons. The Morgan fingerprint density at radius 2 is 2.00 bits per heavy atom. The molecular formula is C5H4Cl3NS2. The van der Waals surface area contributed by atoms with Gasteiger partial charge in [0.25, 0.3) is 0 Å². The number of thiazole rings is 1. The van der Waals surface area contributed by atoms with Crippen LogP contribution in [0.4, 0.5) is 0 Å². The molecule has 1 rings (SSSR count). The highest BCUT2D eigenvalue weighted by atomic mass is 35.6. The average molecular weight is 249 g/mol. The van der Waals surface area contributed by atoms with Crippen LogP contribution >= 0.6 is 58.4 Å². The molecule has 0 aromatic carbocycles. The molecule has 0 spiro atoms. The van der Waals surface area contributed by atoms with Crippen LogP contribution in [0.3, 0.4) is 0 Å². The van der Waals surface area contributed by atoms with Crippen LogP contribution in [0.1, 0.15) is 10.6 Å². The van der Waals surface area contributed by atoms with Gasteiger partial charge in [0, 0.05) is 5.69 Å². The zero-order valence-corrected chi connectivity index (χ0v) is 9.35. The quantitative estimate of drug-likeness (QED) is 0.543. The first-order valence-corrected chi connectivity index (χ1v) is 5.04. The first kappa shape index (κ1) is 9.81. The summed E-state index contributed by atoms with van der Waals surface area (Å²) in [7, 11) is 0. The lowest BCUT2D eigenvalue weighted by molar-refractivity contribution is 1.16. The Balaban J connectivity index is 3.24. The minimum absolute atomic E-state index is 0.629. The van der Waals surface area contributed by atoms with E-state index in [-0.39, 0.29) is 0 Å². The van der Waals surface area contributed by atoms with E-state index in [1.54, 1.807) is 0 Å². The number of aromatic amines is 1. The van der Waals surface area contributed by atoms with Gasteiger partial charge in [-0.1, -0.05) is 34.8 Å². The zero-order chi connectivity index (χ0) is 8.65. The zero-order valence-electron chi connectivity index (χ0n) is 5.45. The molecule has 1 aromatic heterocycles. The number of aryl methyl sites for hydroxylation is 1. The summed E-state index contributed by atoms with van der Waals surface area (Å²) >= 11 is 23.1. The van der Waals surface area contributed by atoms with Crippen molar-refractivity contribution in [2.24, 2.45) is 0 Å². The number of hydrogen-bond acceptors (Lipinski definition) is 2. The van der Waals surface area contributed by atoms with Gasteiger partial charge in [0.2, 0.25) is 3.79 Å². The third-order valence-electron chi connectivity index (χ3n) is 1.08. The van der Waals surface area contributed by atoms with Crippen molar-refractivity contribution in [2.45, 2.75) is 10.7 Å². The summed E-state index contributed by atoms with van der Waals surface area (Å²) in [4.78, 5) is 3.55. The van der Waals surface area contributed by atoms with E-state index < -0.39 is 3.79 Å². The van der Waals surface area contributed by atoms with Gasteiger partial charge in [0.15, 0.2) is 3.95 Å². The van der Waals surface area contributed by atoms with Gasteiger partial charge in [-0.15, -0.1) is 11.3 Å². The summed E-state index contributed by atoms with van der Waals surface area (Å²) in [6.07, 6.45) is 0. The standard InChI is InChI=1S/C5H4Cl3NS2/c1-2-3(5(6,7)8)11-4(10)9-2/h1H3,(H,9,10). The minimum atomic E-state index is -1.36. The third kappa shape index (κ3) is 2.33. The van der Waals surface area contributed by atoms with Crippen LogP contribution in [0.5, 0.6) is 0 Å². The monoisotopic (exact) mass is 247 g/mol. The van der Waals surface area contributed by atoms with Crippen LogP contribution in [-0.2, 0) is 3.79 Å². The van der Waals surface area contributed by atoms with E-state index in [0.717, 1.165) is 5.69 Å². The second kappa shape index (κ2) is 3.23. The minimum Gasteiger partial charge on any atom is -0.341 e. The maximum Gasteiger partial charge on any atom is 0.226 e. The molecule has 1 nitrogen and oxygen atoms in total. The summed E-state index contributed by atoms with van der Waals surface area (Å²) < 4.78 is -0.730. The molecular weight excluding hydrogens is 245 g/mol. The molecule has 1 heterocycles. The number of alkyl halides is 3. The number of nitrogens with one attached hydrogen (secondary N) is 1. The number of rotatable bonds is 0. The maximum atomic E-state index is 5.65. The summed E-state index contributed by atoms with van der Waals surface area (Å²) in [5, 5.41) is 0. The molecule has 0 aliphatic heterocycles. The van der Waals surface area contributed by atoms with Crippen LogP contribution < -0.4 is 0 Å². The van der Waals surface area contributed by atoms with E-state index in [2.05, 4.69) is 4.98 Å². The Hall–Kier alpha value is 0.720. The Morgan fingerprint density at radius 1 is 1.45 bits per heavy atom. The van der Waals surface area contributed by atoms with E-state index >= 15 is 0 Å². The smallest absolute Gasteiger partial charge is 0.226 e. The van der Waals surface area contributed by atoms with Crippen molar-refractivity contribution in [3.8, 4) is 0 Å². The van der Waals surface area contributed by atoms with Crippen LogP contribution in [0, 0.1) is 10.9 Å². The Kier molecular flexibility index (Phi) is 2.88. The lowest BCUT2D eigenvalue weighted by Crippen LogP contribution is -1.98. The van der Waals surface area contributed by atoms with Crippen molar-refractivity contribution >= 4 is 58.4 Å². The Morgan fingerprint density at radius 3 is 2.18 bits per heavy atom. The van der Waals surface area contributed by atoms with Crippen LogP contribution in [0.2, 0.25) is 0 Å². The number of H-pyrrole nitrogens is 1. The van der Waals surface area contributed by atoms with Crippen LogP contribution in [-0.4, -0.2) is 4.98 Å². The molecule has 0 aliphatic rings. The van der Waals surface area contributed by atoms with Crippen molar-refractivity contribution in [2.75, 3.05) is 0 Å². The molecule has 0 saturated carbocycles. The van der Waals surface area contributed by atoms with Gasteiger partial charge in [0.1, 0.15) is 0 Å². The molecule has 0 radical (unpaired) electrons. The molecule has 1 aromatic rings. The predicted molar refractivity (Wildman–Crippen MR) is 53.5 cm³/mol. The van der Waals surface area contributed by atoms with Crippen molar-refractivity contribution in [1.29, 1.82) is 0 Å². The van der Waals surface area contributed by atoms with Gasteiger partial charge in [-0.3, -0.25) is 0 Å². The summed E-state index contributed by atoms with van der Waals surface area (Å²) in [5.74, 6) is 0. The molecule has 0 fully saturated rings. The van der Waals surface area contributed by atoms with E-state index in [1.165, 1.54) is 11.3 Å². The van der Waals surface area contributed by atoms with Gasteiger partial charge < -0.3 is 4.98 Å². The first-order valence-electron chi connectivity index (χ1n) is 2.68. The SMILES string of the molecule is Cc1[nH]c(=S)sc1C(Cl)(Cl)Cl. The van der Waals surface area contributed by atoms with Crippen LogP contribution in [0.15, 0.2) is 0 Å². The first-order chi connectivity index (χ1) is 4.91. The average Bonchev–Trinajstić information content (AvgIpc) is 2.08. The second-order valence-corrected chi connectivity index (χ2v) is 5.93. The predicted octanol–water partition coefficient (Wildman–Crippen LogP) is 3.94. The second-order valence-electron chi connectivity index (χ2n) is 1.97. The molecule has 11 heavy (non-hydrogen) atoms. The van der Waals surface area contributed by atoms with Crippen molar-refractivity contribution < 1.29 is 0 Å². The van der Waals surface area contributed by atoms with E-state index in [1.807, 2.05) is 6.92 Å². The highest BCUT2D eigenvalue weighted by Crippen LogP contribution is 2.42. The summed E-state index contributed by atoms with van der Waals surface area (Å²) in [5.41, 5.74) is 0.819. The lowest BCUT2D eigenvalue weighted by atomic mass is 10.4. The van der Waals surface area contributed by atoms with Gasteiger partial charge in [-0.25, -0.2) is 0 Å². The fraction of sp³-hybridized carbons (Fsp3) is 0.400. The molecule has 0 atom stereocenters. The summed E-state index contributed by atoms with van der Waals surface area (Å²) in [6, 6.07) is 0. The number of aromatic nitrogens is 1. The Labute approximate surface area is 88.3 Å². The number of halogens is 3. The maximum absolute atomic E-state index is 5.65. The van der Waals surface area contributed by atoms with E-state index in [9.17, 15) is 0 Å². The highest BCUT2D eigenvalue weighted by Gasteiger charge is 2.26. The molecule has 0 aliphatic carbocycles. The molecule has 6 heteroatoms. The number of hydrogen-bond donors (Lipinski definition) is 1. The normalized spacial score (nSPS) is 12.0. The fourth-order valence-electron chi connectivity index (χ4n) is 0.675. The fourth-order valence-corrected chi connectivity index (χ4v) is 2.56. The third-order valence-corrected chi connectivity index (χ3v) is 3.44. The summed E-state index contributed by atoms with van der Waals surface area (Å²) in [6.45, 7) is 1.82. The largest absolute Gasteiger partial charge is 0.341 e. The van der Waals surface area contributed by atoms with Gasteiger partial charge in [0.05, 0.1) is 4.88 Å². The van der Waals surface area contributed by atoms with Crippen molar-refractivity contribution in [3.05, 3.63) is 14.5 Å². The molecule has 0 bridgehead atoms. The lowest BCUT2D eigenvalue weighted by Gasteiger charge is -2.07. The van der Waals surface area contributed by atoms with Crippen molar-refractivity contribution in [1.82, 2.24) is 4.98 Å². The van der Waals surface area contributed by atoms with Crippen LogP contribution in [0.25, 0.3) is 0 Å². The molecule has 0 unspecified atom stereocenters. The van der Waals surface area contributed by atoms with Gasteiger partial charge in [-0.05, 0) is 19.1 Å².